The predicted molar refractivity (Wildman–Crippen MR) is 144 cm³/mol. The van der Waals surface area contributed by atoms with Crippen molar-refractivity contribution < 1.29 is 14.0 Å². The summed E-state index contributed by atoms with van der Waals surface area (Å²) >= 11 is 4.84. The number of anilines is 1. The Balaban J connectivity index is 1.59. The van der Waals surface area contributed by atoms with Crippen molar-refractivity contribution in [2.75, 3.05) is 26.2 Å². The summed E-state index contributed by atoms with van der Waals surface area (Å²) in [6.07, 6.45) is 4.20. The number of hydrogen-bond acceptors (Lipinski definition) is 7. The second kappa shape index (κ2) is 9.93. The molecule has 0 unspecified atom stereocenters. The predicted octanol–water partition coefficient (Wildman–Crippen LogP) is 3.48. The van der Waals surface area contributed by atoms with Crippen LogP contribution in [0.5, 0.6) is 11.5 Å². The Bertz CT molecular complexity index is 1570. The fraction of sp³-hybridized carbons (Fsp3) is 0.231. The van der Waals surface area contributed by atoms with Gasteiger partial charge < -0.3 is 14.4 Å². The SMILES string of the molecule is CCn1c(=O)/c(=C2\Sc3ccc(OC)cc3N2C)s/c1=C\c1scc[n+]1Cc1ccccc1OC. The quantitative estimate of drug-likeness (QED) is 0.362. The van der Waals surface area contributed by atoms with Crippen molar-refractivity contribution in [3.63, 3.8) is 0 Å². The van der Waals surface area contributed by atoms with Crippen LogP contribution in [0.3, 0.4) is 0 Å². The van der Waals surface area contributed by atoms with E-state index in [2.05, 4.69) is 33.2 Å². The number of thiazole rings is 2. The number of aromatic nitrogens is 2. The second-order valence-electron chi connectivity index (χ2n) is 7.94. The van der Waals surface area contributed by atoms with Crippen LogP contribution >= 0.6 is 34.4 Å². The molecule has 6 nitrogen and oxygen atoms in total. The highest BCUT2D eigenvalue weighted by molar-refractivity contribution is 8.08. The van der Waals surface area contributed by atoms with E-state index in [0.717, 1.165) is 46.9 Å². The molecule has 0 saturated carbocycles. The number of thioether (sulfide) groups is 1. The molecular formula is C26H26N3O3S3+. The molecule has 0 saturated heterocycles. The van der Waals surface area contributed by atoms with Gasteiger partial charge in [0, 0.05) is 24.6 Å². The third-order valence-corrected chi connectivity index (χ3v) is 9.29. The van der Waals surface area contributed by atoms with Crippen LogP contribution in [0.4, 0.5) is 5.69 Å². The van der Waals surface area contributed by atoms with E-state index in [1.54, 1.807) is 48.7 Å². The smallest absolute Gasteiger partial charge is 0.271 e. The zero-order valence-corrected chi connectivity index (χ0v) is 22.4. The first kappa shape index (κ1) is 23.7. The minimum absolute atomic E-state index is 0.0469. The summed E-state index contributed by atoms with van der Waals surface area (Å²) in [6, 6.07) is 14.1. The number of rotatable bonds is 6. The van der Waals surface area contributed by atoms with Gasteiger partial charge in [0.1, 0.15) is 25.7 Å². The lowest BCUT2D eigenvalue weighted by Gasteiger charge is -2.13. The lowest BCUT2D eigenvalue weighted by Crippen LogP contribution is -2.36. The largest absolute Gasteiger partial charge is 0.497 e. The highest BCUT2D eigenvalue weighted by Crippen LogP contribution is 2.46. The third-order valence-electron chi connectivity index (χ3n) is 5.95. The third kappa shape index (κ3) is 4.39. The van der Waals surface area contributed by atoms with Crippen LogP contribution < -0.4 is 33.7 Å². The highest BCUT2D eigenvalue weighted by Gasteiger charge is 2.25. The molecule has 0 atom stereocenters. The Morgan fingerprint density at radius 3 is 2.71 bits per heavy atom. The molecule has 0 aliphatic carbocycles. The summed E-state index contributed by atoms with van der Waals surface area (Å²) in [7, 11) is 5.37. The van der Waals surface area contributed by atoms with E-state index in [1.165, 1.54) is 0 Å². The van der Waals surface area contributed by atoms with E-state index in [4.69, 9.17) is 9.47 Å². The first-order valence-electron chi connectivity index (χ1n) is 11.2. The second-order valence-corrected chi connectivity index (χ2v) is 10.9. The molecule has 1 aliphatic heterocycles. The zero-order chi connectivity index (χ0) is 24.5. The van der Waals surface area contributed by atoms with E-state index in [0.29, 0.717) is 13.1 Å². The number of ether oxygens (including phenoxy) is 2. The standard InChI is InChI=1S/C26H26N3O3S3/c1-5-29-23(15-22-28(12-13-33-22)16-17-8-6-7-9-20(17)32-4)35-24(25(29)30)26-27(2)19-14-18(31-3)10-11-21(19)34-26/h6-15H,5,16H2,1-4H3/q+1/b26-24+. The van der Waals surface area contributed by atoms with Gasteiger partial charge in [-0.05, 0) is 31.2 Å². The maximum Gasteiger partial charge on any atom is 0.271 e. The Morgan fingerprint density at radius 2 is 1.94 bits per heavy atom. The molecule has 5 rings (SSSR count). The number of fused-ring (bicyclic) bond motifs is 1. The molecule has 0 spiro atoms. The molecular weight excluding hydrogens is 499 g/mol. The molecule has 0 amide bonds. The first-order valence-corrected chi connectivity index (χ1v) is 13.7. The average molecular weight is 525 g/mol. The van der Waals surface area contributed by atoms with Gasteiger partial charge in [-0.2, -0.15) is 4.57 Å². The molecule has 0 fully saturated rings. The number of hydrogen-bond donors (Lipinski definition) is 0. The summed E-state index contributed by atoms with van der Waals surface area (Å²) in [5, 5.41) is 4.11. The molecule has 2 aromatic carbocycles. The zero-order valence-electron chi connectivity index (χ0n) is 20.0. The van der Waals surface area contributed by atoms with Gasteiger partial charge in [0.2, 0.25) is 0 Å². The van der Waals surface area contributed by atoms with Crippen LogP contribution in [0.15, 0.2) is 63.7 Å². The number of para-hydroxylation sites is 1. The molecule has 35 heavy (non-hydrogen) atoms. The molecule has 0 radical (unpaired) electrons. The summed E-state index contributed by atoms with van der Waals surface area (Å²) in [5.74, 6) is 1.68. The van der Waals surface area contributed by atoms with Gasteiger partial charge >= 0.3 is 0 Å². The molecule has 4 aromatic rings. The van der Waals surface area contributed by atoms with Crippen LogP contribution in [-0.4, -0.2) is 25.8 Å². The van der Waals surface area contributed by atoms with Gasteiger partial charge in [0.25, 0.3) is 10.6 Å². The molecule has 1 aliphatic rings. The minimum atomic E-state index is 0.0469. The Morgan fingerprint density at radius 1 is 1.11 bits per heavy atom. The Labute approximate surface area is 216 Å². The van der Waals surface area contributed by atoms with Gasteiger partial charge in [0.15, 0.2) is 12.7 Å². The normalized spacial score (nSPS) is 15.0. The molecule has 0 bridgehead atoms. The maximum atomic E-state index is 13.5. The average Bonchev–Trinajstić information content (AvgIpc) is 3.55. The monoisotopic (exact) mass is 524 g/mol. The molecule has 180 valence electrons. The van der Waals surface area contributed by atoms with E-state index >= 15 is 0 Å². The lowest BCUT2D eigenvalue weighted by atomic mass is 10.2. The van der Waals surface area contributed by atoms with Gasteiger partial charge in [-0.3, -0.25) is 9.36 Å². The molecule has 3 heterocycles. The molecule has 2 aromatic heterocycles. The first-order chi connectivity index (χ1) is 17.0. The number of benzene rings is 2. The fourth-order valence-corrected chi connectivity index (χ4v) is 7.40. The summed E-state index contributed by atoms with van der Waals surface area (Å²) in [4.78, 5) is 16.7. The van der Waals surface area contributed by atoms with Crippen molar-refractivity contribution in [2.45, 2.75) is 24.9 Å². The Hall–Kier alpha value is -3.01. The highest BCUT2D eigenvalue weighted by atomic mass is 32.2. The van der Waals surface area contributed by atoms with Crippen LogP contribution in [-0.2, 0) is 13.1 Å². The fourth-order valence-electron chi connectivity index (χ4n) is 4.11. The van der Waals surface area contributed by atoms with E-state index < -0.39 is 0 Å². The van der Waals surface area contributed by atoms with E-state index in [1.807, 2.05) is 54.9 Å². The van der Waals surface area contributed by atoms with Crippen LogP contribution in [0.1, 0.15) is 17.5 Å². The van der Waals surface area contributed by atoms with Gasteiger partial charge in [-0.25, -0.2) is 0 Å². The van der Waals surface area contributed by atoms with Crippen LogP contribution in [0, 0.1) is 0 Å². The van der Waals surface area contributed by atoms with Gasteiger partial charge in [-0.1, -0.05) is 35.2 Å². The summed E-state index contributed by atoms with van der Waals surface area (Å²) in [6.45, 7) is 3.32. The topological polar surface area (TPSA) is 47.6 Å². The number of methoxy groups -OCH3 is 2. The van der Waals surface area contributed by atoms with Crippen LogP contribution in [0.25, 0.3) is 11.1 Å². The molecule has 9 heteroatoms. The van der Waals surface area contributed by atoms with E-state index in [9.17, 15) is 4.79 Å². The minimum Gasteiger partial charge on any atom is -0.497 e. The van der Waals surface area contributed by atoms with Gasteiger partial charge in [-0.15, -0.1) is 11.3 Å². The Kier molecular flexibility index (Phi) is 6.73. The molecule has 0 N–H and O–H groups in total. The lowest BCUT2D eigenvalue weighted by molar-refractivity contribution is -0.685. The van der Waals surface area contributed by atoms with Crippen molar-refractivity contribution >= 4 is 51.2 Å². The van der Waals surface area contributed by atoms with Crippen molar-refractivity contribution in [2.24, 2.45) is 0 Å². The van der Waals surface area contributed by atoms with Crippen LogP contribution in [0.2, 0.25) is 0 Å². The summed E-state index contributed by atoms with van der Waals surface area (Å²) in [5.41, 5.74) is 2.21. The van der Waals surface area contributed by atoms with Gasteiger partial charge in [0.05, 0.1) is 36.9 Å². The van der Waals surface area contributed by atoms with Crippen molar-refractivity contribution in [3.8, 4) is 11.5 Å². The number of nitrogens with zero attached hydrogens (tertiary/aromatic N) is 3. The van der Waals surface area contributed by atoms with Crippen molar-refractivity contribution in [1.82, 2.24) is 4.57 Å². The maximum absolute atomic E-state index is 13.5. The van der Waals surface area contributed by atoms with E-state index in [-0.39, 0.29) is 5.56 Å². The van der Waals surface area contributed by atoms with Crippen molar-refractivity contribution in [1.29, 1.82) is 0 Å². The van der Waals surface area contributed by atoms with Crippen molar-refractivity contribution in [3.05, 3.63) is 84.2 Å². The summed E-state index contributed by atoms with van der Waals surface area (Å²) < 4.78 is 16.7.